The van der Waals surface area contributed by atoms with Crippen molar-refractivity contribution >= 4 is 17.3 Å². The van der Waals surface area contributed by atoms with Gasteiger partial charge in [0.15, 0.2) is 5.96 Å². The summed E-state index contributed by atoms with van der Waals surface area (Å²) in [6.07, 6.45) is 3.91. The average Bonchev–Trinajstić information content (AvgIpc) is 2.90. The minimum atomic E-state index is 0.854. The van der Waals surface area contributed by atoms with Crippen LogP contribution in [-0.4, -0.2) is 44.6 Å². The molecule has 2 N–H and O–H groups in total. The molecule has 0 saturated carbocycles. The van der Waals surface area contributed by atoms with E-state index in [-0.39, 0.29) is 0 Å². The highest BCUT2D eigenvalue weighted by atomic mass is 32.1. The summed E-state index contributed by atoms with van der Waals surface area (Å²) in [6, 6.07) is 4.34. The van der Waals surface area contributed by atoms with E-state index in [1.54, 1.807) is 0 Å². The third kappa shape index (κ3) is 5.67. The smallest absolute Gasteiger partial charge is 0.191 e. The summed E-state index contributed by atoms with van der Waals surface area (Å²) < 4.78 is 0. The Morgan fingerprint density at radius 3 is 2.71 bits per heavy atom. The average molecular weight is 308 g/mol. The topological polar surface area (TPSA) is 39.7 Å². The van der Waals surface area contributed by atoms with Crippen LogP contribution in [0.2, 0.25) is 0 Å². The molecule has 5 heteroatoms. The Labute approximate surface area is 132 Å². The molecular weight excluding hydrogens is 280 g/mol. The van der Waals surface area contributed by atoms with Gasteiger partial charge in [0.25, 0.3) is 0 Å². The number of piperidine rings is 1. The van der Waals surface area contributed by atoms with Gasteiger partial charge in [-0.1, -0.05) is 0 Å². The summed E-state index contributed by atoms with van der Waals surface area (Å²) in [6.45, 7) is 6.50. The lowest BCUT2D eigenvalue weighted by Crippen LogP contribution is -2.38. The fraction of sp³-hybridized carbons (Fsp3) is 0.688. The van der Waals surface area contributed by atoms with Crippen molar-refractivity contribution < 1.29 is 0 Å². The second kappa shape index (κ2) is 8.39. The maximum atomic E-state index is 4.30. The summed E-state index contributed by atoms with van der Waals surface area (Å²) in [5, 5.41) is 6.82. The zero-order valence-corrected chi connectivity index (χ0v) is 14.3. The molecule has 0 atom stereocenters. The molecule has 1 fully saturated rings. The van der Waals surface area contributed by atoms with Crippen LogP contribution >= 0.6 is 11.3 Å². The first-order valence-electron chi connectivity index (χ1n) is 7.85. The van der Waals surface area contributed by atoms with E-state index < -0.39 is 0 Å². The number of guanidine groups is 1. The number of aryl methyl sites for hydroxylation is 1. The van der Waals surface area contributed by atoms with Crippen LogP contribution in [-0.2, 0) is 6.54 Å². The van der Waals surface area contributed by atoms with E-state index in [2.05, 4.69) is 46.6 Å². The normalized spacial score (nSPS) is 18.0. The zero-order valence-electron chi connectivity index (χ0n) is 13.5. The Bertz CT molecular complexity index is 447. The lowest BCUT2D eigenvalue weighted by Gasteiger charge is -2.29. The van der Waals surface area contributed by atoms with Gasteiger partial charge in [-0.2, -0.15) is 0 Å². The molecule has 0 unspecified atom stereocenters. The van der Waals surface area contributed by atoms with E-state index in [0.717, 1.165) is 25.0 Å². The van der Waals surface area contributed by atoms with Gasteiger partial charge in [0.05, 0.1) is 6.54 Å². The van der Waals surface area contributed by atoms with Crippen molar-refractivity contribution in [1.29, 1.82) is 0 Å². The van der Waals surface area contributed by atoms with Crippen LogP contribution in [0.25, 0.3) is 0 Å². The minimum Gasteiger partial charge on any atom is -0.356 e. The summed E-state index contributed by atoms with van der Waals surface area (Å²) in [5.41, 5.74) is 0. The maximum Gasteiger partial charge on any atom is 0.191 e. The predicted octanol–water partition coefficient (Wildman–Crippen LogP) is 2.45. The molecule has 0 aromatic carbocycles. The zero-order chi connectivity index (χ0) is 15.1. The van der Waals surface area contributed by atoms with E-state index in [4.69, 9.17) is 0 Å². The highest BCUT2D eigenvalue weighted by Gasteiger charge is 2.16. The van der Waals surface area contributed by atoms with Crippen molar-refractivity contribution in [3.63, 3.8) is 0 Å². The van der Waals surface area contributed by atoms with Crippen LogP contribution in [0, 0.1) is 12.8 Å². The Hall–Kier alpha value is -1.07. The Morgan fingerprint density at radius 1 is 1.33 bits per heavy atom. The molecule has 4 nitrogen and oxygen atoms in total. The molecule has 2 rings (SSSR count). The fourth-order valence-corrected chi connectivity index (χ4v) is 3.55. The molecule has 0 amide bonds. The first-order chi connectivity index (χ1) is 10.2. The molecule has 1 aliphatic rings. The number of nitrogens with one attached hydrogen (secondary N) is 2. The first kappa shape index (κ1) is 16.3. The minimum absolute atomic E-state index is 0.854. The lowest BCUT2D eigenvalue weighted by atomic mass is 9.94. The molecule has 1 aliphatic heterocycles. The molecular formula is C16H28N4S. The van der Waals surface area contributed by atoms with Crippen molar-refractivity contribution in [2.45, 2.75) is 32.7 Å². The van der Waals surface area contributed by atoms with Gasteiger partial charge in [-0.05, 0) is 64.4 Å². The molecule has 0 aliphatic carbocycles. The number of rotatable bonds is 5. The number of aliphatic imine (C=N–C) groups is 1. The third-order valence-corrected chi connectivity index (χ3v) is 5.13. The maximum absolute atomic E-state index is 4.30. The van der Waals surface area contributed by atoms with E-state index in [0.29, 0.717) is 0 Å². The number of nitrogens with zero attached hydrogens (tertiary/aromatic N) is 2. The molecule has 118 valence electrons. The Kier molecular flexibility index (Phi) is 6.51. The number of thiophene rings is 1. The van der Waals surface area contributed by atoms with Gasteiger partial charge >= 0.3 is 0 Å². The first-order valence-corrected chi connectivity index (χ1v) is 8.67. The fourth-order valence-electron chi connectivity index (χ4n) is 2.72. The van der Waals surface area contributed by atoms with Crippen LogP contribution in [0.4, 0.5) is 0 Å². The SMILES string of the molecule is CN=C(NCCC1CCN(C)CC1)NCc1ccc(C)s1. The third-order valence-electron chi connectivity index (χ3n) is 4.13. The number of hydrogen-bond donors (Lipinski definition) is 2. The quantitative estimate of drug-likeness (QED) is 0.648. The largest absolute Gasteiger partial charge is 0.356 e. The molecule has 0 radical (unpaired) electrons. The van der Waals surface area contributed by atoms with Crippen LogP contribution in [0.1, 0.15) is 29.0 Å². The summed E-state index contributed by atoms with van der Waals surface area (Å²) in [4.78, 5) is 9.43. The van der Waals surface area contributed by atoms with Crippen LogP contribution in [0.15, 0.2) is 17.1 Å². The highest BCUT2D eigenvalue weighted by molar-refractivity contribution is 7.11. The van der Waals surface area contributed by atoms with Gasteiger partial charge in [-0.25, -0.2) is 0 Å². The summed E-state index contributed by atoms with van der Waals surface area (Å²) in [5.74, 6) is 1.78. The number of hydrogen-bond acceptors (Lipinski definition) is 3. The summed E-state index contributed by atoms with van der Waals surface area (Å²) >= 11 is 1.84. The number of likely N-dealkylation sites (tertiary alicyclic amines) is 1. The van der Waals surface area contributed by atoms with Crippen molar-refractivity contribution in [2.75, 3.05) is 33.7 Å². The standard InChI is InChI=1S/C16H28N4S/c1-13-4-5-15(21-13)12-19-16(17-2)18-9-6-14-7-10-20(3)11-8-14/h4-5,14H,6-12H2,1-3H3,(H2,17,18,19). The van der Waals surface area contributed by atoms with Crippen molar-refractivity contribution in [3.05, 3.63) is 21.9 Å². The molecule has 1 aromatic rings. The van der Waals surface area contributed by atoms with E-state index >= 15 is 0 Å². The predicted molar refractivity (Wildman–Crippen MR) is 92.1 cm³/mol. The molecule has 0 spiro atoms. The second-order valence-electron chi connectivity index (χ2n) is 5.90. The van der Waals surface area contributed by atoms with Crippen LogP contribution in [0.5, 0.6) is 0 Å². The van der Waals surface area contributed by atoms with Gasteiger partial charge in [-0.3, -0.25) is 4.99 Å². The summed E-state index contributed by atoms with van der Waals surface area (Å²) in [7, 11) is 4.05. The molecule has 1 saturated heterocycles. The Balaban J connectivity index is 1.63. The van der Waals surface area contributed by atoms with Gasteiger partial charge in [0.2, 0.25) is 0 Å². The molecule has 0 bridgehead atoms. The van der Waals surface area contributed by atoms with Gasteiger partial charge in [0, 0.05) is 23.3 Å². The molecule has 21 heavy (non-hydrogen) atoms. The lowest BCUT2D eigenvalue weighted by molar-refractivity contribution is 0.213. The van der Waals surface area contributed by atoms with E-state index in [9.17, 15) is 0 Å². The molecule has 2 heterocycles. The Morgan fingerprint density at radius 2 is 2.10 bits per heavy atom. The van der Waals surface area contributed by atoms with Crippen molar-refractivity contribution in [2.24, 2.45) is 10.9 Å². The van der Waals surface area contributed by atoms with Gasteiger partial charge in [-0.15, -0.1) is 11.3 Å². The van der Waals surface area contributed by atoms with Crippen molar-refractivity contribution in [1.82, 2.24) is 15.5 Å². The van der Waals surface area contributed by atoms with Crippen LogP contribution < -0.4 is 10.6 Å². The van der Waals surface area contributed by atoms with Gasteiger partial charge < -0.3 is 15.5 Å². The van der Waals surface area contributed by atoms with Crippen LogP contribution in [0.3, 0.4) is 0 Å². The van der Waals surface area contributed by atoms with E-state index in [1.165, 1.54) is 42.1 Å². The molecule has 1 aromatic heterocycles. The van der Waals surface area contributed by atoms with Gasteiger partial charge in [0.1, 0.15) is 0 Å². The van der Waals surface area contributed by atoms with Crippen molar-refractivity contribution in [3.8, 4) is 0 Å². The monoisotopic (exact) mass is 308 g/mol. The second-order valence-corrected chi connectivity index (χ2v) is 7.27. The van der Waals surface area contributed by atoms with E-state index in [1.807, 2.05) is 18.4 Å². The highest BCUT2D eigenvalue weighted by Crippen LogP contribution is 2.18.